The van der Waals surface area contributed by atoms with Gasteiger partial charge in [0.1, 0.15) is 0 Å². The molecule has 0 aliphatic heterocycles. The highest BCUT2D eigenvalue weighted by Crippen LogP contribution is 2.22. The SMILES string of the molecule is CC(NS(=O)(=O)c1ccc([N+](=O)[O-])cc1)C(C)(C)C. The number of rotatable bonds is 4. The maximum absolute atomic E-state index is 12.1. The first-order chi connectivity index (χ1) is 8.54. The third kappa shape index (κ3) is 4.00. The number of nitrogens with one attached hydrogen (secondary N) is 1. The molecule has 6 nitrogen and oxygen atoms in total. The fourth-order valence-electron chi connectivity index (χ4n) is 1.22. The zero-order valence-electron chi connectivity index (χ0n) is 11.4. The predicted octanol–water partition coefficient (Wildman–Crippen LogP) is 2.31. The van der Waals surface area contributed by atoms with E-state index in [9.17, 15) is 18.5 Å². The van der Waals surface area contributed by atoms with Crippen LogP contribution in [-0.4, -0.2) is 19.4 Å². The highest BCUT2D eigenvalue weighted by Gasteiger charge is 2.26. The van der Waals surface area contributed by atoms with Gasteiger partial charge in [-0.3, -0.25) is 10.1 Å². The van der Waals surface area contributed by atoms with Crippen molar-refractivity contribution in [3.05, 3.63) is 34.4 Å². The van der Waals surface area contributed by atoms with Crippen molar-refractivity contribution < 1.29 is 13.3 Å². The van der Waals surface area contributed by atoms with Gasteiger partial charge in [-0.2, -0.15) is 0 Å². The number of hydrogen-bond acceptors (Lipinski definition) is 4. The molecule has 0 aromatic heterocycles. The number of hydrogen-bond donors (Lipinski definition) is 1. The van der Waals surface area contributed by atoms with Crippen molar-refractivity contribution in [3.63, 3.8) is 0 Å². The van der Waals surface area contributed by atoms with Crippen LogP contribution < -0.4 is 4.72 Å². The Morgan fingerprint density at radius 3 is 2.05 bits per heavy atom. The lowest BCUT2D eigenvalue weighted by molar-refractivity contribution is -0.384. The lowest BCUT2D eigenvalue weighted by Gasteiger charge is -2.27. The van der Waals surface area contributed by atoms with Crippen LogP contribution in [0.3, 0.4) is 0 Å². The predicted molar refractivity (Wildman–Crippen MR) is 72.3 cm³/mol. The van der Waals surface area contributed by atoms with Gasteiger partial charge in [0.15, 0.2) is 0 Å². The van der Waals surface area contributed by atoms with Crippen molar-refractivity contribution in [1.82, 2.24) is 4.72 Å². The molecule has 19 heavy (non-hydrogen) atoms. The fourth-order valence-corrected chi connectivity index (χ4v) is 2.67. The molecule has 1 aromatic rings. The van der Waals surface area contributed by atoms with E-state index in [4.69, 9.17) is 0 Å². The number of non-ortho nitro benzene ring substituents is 1. The highest BCUT2D eigenvalue weighted by atomic mass is 32.2. The molecule has 7 heteroatoms. The maximum atomic E-state index is 12.1. The molecule has 106 valence electrons. The summed E-state index contributed by atoms with van der Waals surface area (Å²) in [4.78, 5) is 9.97. The van der Waals surface area contributed by atoms with E-state index in [2.05, 4.69) is 4.72 Å². The van der Waals surface area contributed by atoms with Gasteiger partial charge < -0.3 is 0 Å². The Kier molecular flexibility index (Phi) is 4.32. The quantitative estimate of drug-likeness (QED) is 0.679. The molecule has 1 aromatic carbocycles. The lowest BCUT2D eigenvalue weighted by atomic mass is 9.89. The molecule has 1 rings (SSSR count). The Morgan fingerprint density at radius 1 is 1.21 bits per heavy atom. The lowest BCUT2D eigenvalue weighted by Crippen LogP contribution is -2.41. The van der Waals surface area contributed by atoms with Crippen molar-refractivity contribution >= 4 is 15.7 Å². The summed E-state index contributed by atoms with van der Waals surface area (Å²) in [5, 5.41) is 10.5. The van der Waals surface area contributed by atoms with Gasteiger partial charge in [0.25, 0.3) is 5.69 Å². The van der Waals surface area contributed by atoms with Gasteiger partial charge in [0, 0.05) is 18.2 Å². The van der Waals surface area contributed by atoms with E-state index in [1.54, 1.807) is 6.92 Å². The molecule has 0 amide bonds. The smallest absolute Gasteiger partial charge is 0.258 e. The van der Waals surface area contributed by atoms with Gasteiger partial charge in [-0.1, -0.05) is 20.8 Å². The van der Waals surface area contributed by atoms with E-state index in [0.717, 1.165) is 0 Å². The third-order valence-corrected chi connectivity index (χ3v) is 4.55. The van der Waals surface area contributed by atoms with Crippen molar-refractivity contribution in [2.45, 2.75) is 38.6 Å². The Hall–Kier alpha value is -1.47. The average Bonchev–Trinajstić information content (AvgIpc) is 2.27. The number of nitrogens with zero attached hydrogens (tertiary/aromatic N) is 1. The summed E-state index contributed by atoms with van der Waals surface area (Å²) < 4.78 is 26.7. The summed E-state index contributed by atoms with van der Waals surface area (Å²) in [6.45, 7) is 7.56. The molecule has 0 bridgehead atoms. The van der Waals surface area contributed by atoms with Crippen LogP contribution in [0.15, 0.2) is 29.2 Å². The van der Waals surface area contributed by atoms with Crippen LogP contribution in [0.25, 0.3) is 0 Å². The van der Waals surface area contributed by atoms with E-state index < -0.39 is 14.9 Å². The summed E-state index contributed by atoms with van der Waals surface area (Å²) in [6, 6.07) is 4.56. The molecule has 0 heterocycles. The molecule has 0 fully saturated rings. The molecular formula is C12H18N2O4S. The van der Waals surface area contributed by atoms with Gasteiger partial charge >= 0.3 is 0 Å². The Labute approximate surface area is 113 Å². The number of benzene rings is 1. The van der Waals surface area contributed by atoms with Crippen LogP contribution in [0.5, 0.6) is 0 Å². The minimum Gasteiger partial charge on any atom is -0.258 e. The second-order valence-corrected chi connectivity index (χ2v) is 7.17. The van der Waals surface area contributed by atoms with Crippen LogP contribution in [0.2, 0.25) is 0 Å². The molecule has 0 spiro atoms. The molecule has 0 radical (unpaired) electrons. The van der Waals surface area contributed by atoms with Crippen LogP contribution in [0.4, 0.5) is 5.69 Å². The van der Waals surface area contributed by atoms with Crippen LogP contribution >= 0.6 is 0 Å². The topological polar surface area (TPSA) is 89.3 Å². The van der Waals surface area contributed by atoms with Gasteiger partial charge in [-0.05, 0) is 24.5 Å². The third-order valence-electron chi connectivity index (χ3n) is 2.99. The first-order valence-corrected chi connectivity index (χ1v) is 7.29. The largest absolute Gasteiger partial charge is 0.269 e. The molecule has 0 saturated carbocycles. The summed E-state index contributed by atoms with van der Waals surface area (Å²) >= 11 is 0. The van der Waals surface area contributed by atoms with E-state index in [1.165, 1.54) is 24.3 Å². The average molecular weight is 286 g/mol. The van der Waals surface area contributed by atoms with Crippen LogP contribution in [-0.2, 0) is 10.0 Å². The standard InChI is InChI=1S/C12H18N2O4S/c1-9(12(2,3)4)13-19(17,18)11-7-5-10(6-8-11)14(15)16/h5-9,13H,1-4H3. The van der Waals surface area contributed by atoms with Gasteiger partial charge in [0.2, 0.25) is 10.0 Å². The van der Waals surface area contributed by atoms with Crippen molar-refractivity contribution in [2.75, 3.05) is 0 Å². The number of nitro groups is 1. The van der Waals surface area contributed by atoms with E-state index in [-0.39, 0.29) is 22.0 Å². The maximum Gasteiger partial charge on any atom is 0.269 e. The minimum absolute atomic E-state index is 0.0224. The van der Waals surface area contributed by atoms with E-state index in [1.807, 2.05) is 20.8 Å². The minimum atomic E-state index is -3.66. The van der Waals surface area contributed by atoms with Gasteiger partial charge in [-0.25, -0.2) is 13.1 Å². The highest BCUT2D eigenvalue weighted by molar-refractivity contribution is 7.89. The molecule has 0 aliphatic rings. The molecule has 0 saturated heterocycles. The molecule has 0 aliphatic carbocycles. The summed E-state index contributed by atoms with van der Waals surface area (Å²) in [7, 11) is -3.66. The molecule has 1 atom stereocenters. The zero-order chi connectivity index (χ0) is 14.8. The zero-order valence-corrected chi connectivity index (χ0v) is 12.2. The monoisotopic (exact) mass is 286 g/mol. The fraction of sp³-hybridized carbons (Fsp3) is 0.500. The normalized spacial score (nSPS) is 14.1. The summed E-state index contributed by atoms with van der Waals surface area (Å²) in [5.74, 6) is 0. The van der Waals surface area contributed by atoms with Gasteiger partial charge in [0.05, 0.1) is 9.82 Å². The molecular weight excluding hydrogens is 268 g/mol. The first kappa shape index (κ1) is 15.6. The first-order valence-electron chi connectivity index (χ1n) is 5.81. The summed E-state index contributed by atoms with van der Waals surface area (Å²) in [5.41, 5.74) is -0.351. The Balaban J connectivity index is 2.98. The van der Waals surface area contributed by atoms with Crippen molar-refractivity contribution in [1.29, 1.82) is 0 Å². The second-order valence-electron chi connectivity index (χ2n) is 5.46. The van der Waals surface area contributed by atoms with E-state index >= 15 is 0 Å². The molecule has 1 unspecified atom stereocenters. The Morgan fingerprint density at radius 2 is 1.68 bits per heavy atom. The second kappa shape index (κ2) is 5.26. The summed E-state index contributed by atoms with van der Waals surface area (Å²) in [6.07, 6.45) is 0. The van der Waals surface area contributed by atoms with Gasteiger partial charge in [-0.15, -0.1) is 0 Å². The van der Waals surface area contributed by atoms with E-state index in [0.29, 0.717) is 0 Å². The van der Waals surface area contributed by atoms with Crippen molar-refractivity contribution in [2.24, 2.45) is 5.41 Å². The Bertz CT molecular complexity index is 558. The van der Waals surface area contributed by atoms with Crippen molar-refractivity contribution in [3.8, 4) is 0 Å². The number of sulfonamides is 1. The van der Waals surface area contributed by atoms with Crippen LogP contribution in [0, 0.1) is 15.5 Å². The van der Waals surface area contributed by atoms with Crippen LogP contribution in [0.1, 0.15) is 27.7 Å². The number of nitro benzene ring substituents is 1. The molecule has 1 N–H and O–H groups in total.